The van der Waals surface area contributed by atoms with E-state index in [-0.39, 0.29) is 57.5 Å². The second-order valence-electron chi connectivity index (χ2n) is 11.1. The predicted octanol–water partition coefficient (Wildman–Crippen LogP) is 4.70. The minimum Gasteiger partial charge on any atom is -0.508 e. The van der Waals surface area contributed by atoms with Crippen molar-refractivity contribution in [1.82, 2.24) is 9.97 Å². The first kappa shape index (κ1) is 37.0. The van der Waals surface area contributed by atoms with E-state index in [1.807, 2.05) is 39.8 Å². The Labute approximate surface area is 286 Å². The summed E-state index contributed by atoms with van der Waals surface area (Å²) in [6, 6.07) is 5.99. The molecule has 1 aliphatic rings. The number of phenols is 1. The third kappa shape index (κ3) is 7.73. The van der Waals surface area contributed by atoms with Crippen LogP contribution in [0.25, 0.3) is 28.2 Å². The van der Waals surface area contributed by atoms with Gasteiger partial charge in [0.15, 0.2) is 34.0 Å². The number of hydrogen-bond acceptors (Lipinski definition) is 11. The monoisotopic (exact) mass is 699 g/mol. The number of rotatable bonds is 5. The van der Waals surface area contributed by atoms with Gasteiger partial charge in [-0.1, -0.05) is 35.4 Å². The molecule has 0 fully saturated rings. The predicted molar refractivity (Wildman–Crippen MR) is 188 cm³/mol. The molecule has 14 nitrogen and oxygen atoms in total. The number of allylic oxidation sites excluding steroid dienone is 2. The van der Waals surface area contributed by atoms with Crippen LogP contribution in [0.5, 0.6) is 23.0 Å². The number of nitrogen functional groups attached to an aromatic ring is 2. The Morgan fingerprint density at radius 1 is 1.10 bits per heavy atom. The van der Waals surface area contributed by atoms with Crippen LogP contribution in [0.3, 0.4) is 0 Å². The molecular formula is C32H35Cl2N7O7. The van der Waals surface area contributed by atoms with Gasteiger partial charge in [0.05, 0.1) is 12.7 Å². The number of methoxy groups -OCH3 is 1. The number of nitrogens with zero attached hydrogens (tertiary/aromatic N) is 3. The molecule has 2 aromatic carbocycles. The summed E-state index contributed by atoms with van der Waals surface area (Å²) < 4.78 is 17.8. The maximum absolute atomic E-state index is 12.9. The van der Waals surface area contributed by atoms with Crippen molar-refractivity contribution in [2.45, 2.75) is 39.7 Å². The average molecular weight is 701 g/mol. The van der Waals surface area contributed by atoms with Crippen molar-refractivity contribution in [3.63, 3.8) is 0 Å². The molecule has 0 saturated heterocycles. The van der Waals surface area contributed by atoms with Gasteiger partial charge < -0.3 is 47.0 Å². The molecule has 4 aromatic rings. The van der Waals surface area contributed by atoms with Gasteiger partial charge in [-0.05, 0) is 64.0 Å². The number of benzene rings is 2. The molecule has 254 valence electrons. The van der Waals surface area contributed by atoms with Crippen LogP contribution in [0.2, 0.25) is 5.15 Å². The number of nitrogens with two attached hydrogens (primary N) is 4. The normalized spacial score (nSPS) is 12.4. The van der Waals surface area contributed by atoms with Gasteiger partial charge in [-0.3, -0.25) is 4.79 Å². The Kier molecular flexibility index (Phi) is 11.2. The highest BCUT2D eigenvalue weighted by atomic mass is 35.5. The minimum absolute atomic E-state index is 0. The summed E-state index contributed by atoms with van der Waals surface area (Å²) >= 11 is 5.55. The second kappa shape index (κ2) is 14.5. The van der Waals surface area contributed by atoms with E-state index in [9.17, 15) is 19.8 Å². The molecule has 3 heterocycles. The zero-order valence-electron chi connectivity index (χ0n) is 26.6. The molecule has 0 saturated carbocycles. The third-order valence-corrected chi connectivity index (χ3v) is 7.07. The van der Waals surface area contributed by atoms with E-state index in [0.717, 1.165) is 11.1 Å². The first-order chi connectivity index (χ1) is 22.0. The number of halogens is 2. The van der Waals surface area contributed by atoms with Gasteiger partial charge in [-0.25, -0.2) is 14.8 Å². The largest absolute Gasteiger partial charge is 0.508 e. The highest BCUT2D eigenvalue weighted by molar-refractivity contribution is 6.31. The first-order valence-corrected chi connectivity index (χ1v) is 14.4. The fourth-order valence-corrected chi connectivity index (χ4v) is 4.79. The fraction of sp³-hybridized carbons (Fsp3) is 0.219. The lowest BCUT2D eigenvalue weighted by atomic mass is 9.93. The van der Waals surface area contributed by atoms with Gasteiger partial charge in [-0.15, -0.1) is 12.4 Å². The van der Waals surface area contributed by atoms with Gasteiger partial charge in [0.1, 0.15) is 39.5 Å². The molecule has 10 N–H and O–H groups in total. The first-order valence-electron chi connectivity index (χ1n) is 14.0. The maximum atomic E-state index is 12.9. The summed E-state index contributed by atoms with van der Waals surface area (Å²) in [4.78, 5) is 34.7. The van der Waals surface area contributed by atoms with Crippen LogP contribution in [0, 0.1) is 0 Å². The standard InChI is InChI=1S/C26H26O6.C6H8ClN7O.ClH/c1-14(2)6-11-17-22-18(12-13-26(3,4)32-22)24-20(23(17)30-5)21(28)19(25(29)31-24)15-7-9-16(27)10-8-15;7-2-4(9)13-3(8)1(12-2)5(15)14-6(10)11;/h6-10,12-13,27-28H,11H2,1-5H3;(H4,8,9,13)(H4,10,11,14,15);1H. The molecule has 0 radical (unpaired) electrons. The van der Waals surface area contributed by atoms with Gasteiger partial charge in [0, 0.05) is 5.56 Å². The number of fused-ring (bicyclic) bond motifs is 3. The van der Waals surface area contributed by atoms with Crippen LogP contribution >= 0.6 is 24.0 Å². The van der Waals surface area contributed by atoms with Crippen LogP contribution in [0.4, 0.5) is 11.6 Å². The molecule has 16 heteroatoms. The third-order valence-electron chi connectivity index (χ3n) is 6.79. The van der Waals surface area contributed by atoms with E-state index in [2.05, 4.69) is 21.0 Å². The van der Waals surface area contributed by atoms with Crippen LogP contribution in [-0.2, 0) is 6.42 Å². The van der Waals surface area contributed by atoms with Gasteiger partial charge in [0.2, 0.25) is 0 Å². The number of ether oxygens (including phenoxy) is 2. The highest BCUT2D eigenvalue weighted by Crippen LogP contribution is 2.49. The Balaban J connectivity index is 0.000000330. The lowest BCUT2D eigenvalue weighted by Crippen LogP contribution is -2.28. The Hall–Kier alpha value is -5.47. The van der Waals surface area contributed by atoms with Crippen molar-refractivity contribution in [2.24, 2.45) is 16.5 Å². The quantitative estimate of drug-likeness (QED) is 0.0716. The summed E-state index contributed by atoms with van der Waals surface area (Å²) in [5.41, 5.74) is 22.3. The Bertz CT molecular complexity index is 2030. The van der Waals surface area contributed by atoms with Gasteiger partial charge in [-0.2, -0.15) is 4.99 Å². The van der Waals surface area contributed by atoms with E-state index >= 15 is 0 Å². The number of carbonyl (C=O) groups excluding carboxylic acids is 1. The van der Waals surface area contributed by atoms with E-state index in [4.69, 9.17) is 48.4 Å². The molecule has 0 spiro atoms. The van der Waals surface area contributed by atoms with E-state index in [0.29, 0.717) is 34.4 Å². The van der Waals surface area contributed by atoms with Crippen molar-refractivity contribution in [3.05, 3.63) is 74.4 Å². The summed E-state index contributed by atoms with van der Waals surface area (Å²) in [7, 11) is 1.52. The lowest BCUT2D eigenvalue weighted by Gasteiger charge is -2.31. The molecule has 1 amide bonds. The molecule has 48 heavy (non-hydrogen) atoms. The number of amides is 1. The van der Waals surface area contributed by atoms with Crippen molar-refractivity contribution in [2.75, 3.05) is 18.6 Å². The molecular weight excluding hydrogens is 665 g/mol. The fourth-order valence-electron chi connectivity index (χ4n) is 4.66. The number of aliphatic imine (C=N–C) groups is 1. The highest BCUT2D eigenvalue weighted by Gasteiger charge is 2.32. The lowest BCUT2D eigenvalue weighted by molar-refractivity contribution is 0.0998. The van der Waals surface area contributed by atoms with E-state index in [1.165, 1.54) is 19.2 Å². The topological polar surface area (TPSA) is 248 Å². The molecule has 1 aliphatic heterocycles. The number of aromatic hydroxyl groups is 2. The summed E-state index contributed by atoms with van der Waals surface area (Å²) in [5, 5.41) is 21.1. The maximum Gasteiger partial charge on any atom is 0.348 e. The molecule has 5 rings (SSSR count). The smallest absolute Gasteiger partial charge is 0.348 e. The molecule has 0 atom stereocenters. The zero-order chi connectivity index (χ0) is 34.8. The summed E-state index contributed by atoms with van der Waals surface area (Å²) in [5.74, 6) is -0.724. The molecule has 2 aromatic heterocycles. The molecule has 0 bridgehead atoms. The van der Waals surface area contributed by atoms with Crippen LogP contribution in [0.1, 0.15) is 49.3 Å². The Morgan fingerprint density at radius 2 is 1.75 bits per heavy atom. The number of aromatic nitrogens is 2. The average Bonchev–Trinajstić information content (AvgIpc) is 2.98. The number of carbonyl (C=O) groups is 1. The van der Waals surface area contributed by atoms with E-state index in [1.54, 1.807) is 12.1 Å². The number of phenolic OH excluding ortho intramolecular Hbond substituents is 1. The molecule has 0 aliphatic carbocycles. The van der Waals surface area contributed by atoms with Gasteiger partial charge >= 0.3 is 11.5 Å². The number of guanidine groups is 1. The Morgan fingerprint density at radius 3 is 2.33 bits per heavy atom. The second-order valence-corrected chi connectivity index (χ2v) is 11.5. The van der Waals surface area contributed by atoms with Crippen LogP contribution < -0.4 is 38.0 Å². The number of anilines is 2. The van der Waals surface area contributed by atoms with E-state index < -0.39 is 23.1 Å². The summed E-state index contributed by atoms with van der Waals surface area (Å²) in [6.07, 6.45) is 6.31. The van der Waals surface area contributed by atoms with Crippen LogP contribution in [-0.4, -0.2) is 44.8 Å². The van der Waals surface area contributed by atoms with Crippen molar-refractivity contribution in [1.29, 1.82) is 0 Å². The van der Waals surface area contributed by atoms with Crippen molar-refractivity contribution >= 4 is 64.6 Å². The molecule has 0 unspecified atom stereocenters. The van der Waals surface area contributed by atoms with Crippen molar-refractivity contribution in [3.8, 4) is 34.1 Å². The number of hydrogen-bond donors (Lipinski definition) is 6. The van der Waals surface area contributed by atoms with Gasteiger partial charge in [0.25, 0.3) is 0 Å². The summed E-state index contributed by atoms with van der Waals surface area (Å²) in [6.45, 7) is 7.89. The SMILES string of the molecule is COc1c(CC=C(C)C)c2c(c3oc(=O)c(-c4ccc(O)cc4)c(O)c13)C=CC(C)(C)O2.Cl.NC(N)=NC(=O)c1nc(Cl)c(N)nc1N. The van der Waals surface area contributed by atoms with Crippen molar-refractivity contribution < 1.29 is 28.9 Å². The minimum atomic E-state index is -0.832. The van der Waals surface area contributed by atoms with Crippen LogP contribution in [0.15, 0.2) is 56.2 Å². The zero-order valence-corrected chi connectivity index (χ0v) is 28.2.